The Kier molecular flexibility index (Phi) is 4.21. The fraction of sp³-hybridized carbons (Fsp3) is 0.250. The Hall–Kier alpha value is -2.12. The molecule has 8 heteroatoms. The number of carbonyl (C=O) groups excluding carboxylic acids is 1. The second-order valence-electron chi connectivity index (χ2n) is 3.72. The van der Waals surface area contributed by atoms with Gasteiger partial charge < -0.3 is 19.7 Å². The van der Waals surface area contributed by atoms with E-state index in [1.807, 2.05) is 0 Å². The van der Waals surface area contributed by atoms with Gasteiger partial charge in [-0.1, -0.05) is 16.8 Å². The molecule has 0 bridgehead atoms. The van der Waals surface area contributed by atoms with Gasteiger partial charge in [0.2, 0.25) is 11.7 Å². The molecule has 2 aromatic rings. The molecule has 1 heterocycles. The molecule has 1 aromatic carbocycles. The second-order valence-corrected chi connectivity index (χ2v) is 4.13. The van der Waals surface area contributed by atoms with Crippen molar-refractivity contribution in [2.45, 2.75) is 6.54 Å². The van der Waals surface area contributed by atoms with Crippen LogP contribution in [0.1, 0.15) is 16.2 Å². The molecular weight excluding hydrogens is 286 g/mol. The van der Waals surface area contributed by atoms with Gasteiger partial charge in [-0.3, -0.25) is 4.79 Å². The summed E-state index contributed by atoms with van der Waals surface area (Å²) in [6.45, 7) is 0.108. The maximum absolute atomic E-state index is 11.0. The molecule has 0 saturated carbocycles. The van der Waals surface area contributed by atoms with Gasteiger partial charge in [0.15, 0.2) is 17.8 Å². The zero-order chi connectivity index (χ0) is 14.7. The van der Waals surface area contributed by atoms with Gasteiger partial charge in [-0.2, -0.15) is 4.98 Å². The molecule has 0 spiro atoms. The van der Waals surface area contributed by atoms with E-state index in [9.17, 15) is 4.79 Å². The summed E-state index contributed by atoms with van der Waals surface area (Å²) in [4.78, 5) is 15.1. The zero-order valence-electron chi connectivity index (χ0n) is 10.8. The van der Waals surface area contributed by atoms with Gasteiger partial charge in [0.05, 0.1) is 36.9 Å². The number of rotatable bonds is 5. The number of halogens is 1. The molecule has 2 rings (SSSR count). The quantitative estimate of drug-likeness (QED) is 0.838. The molecule has 0 aliphatic rings. The van der Waals surface area contributed by atoms with Crippen LogP contribution in [0, 0.1) is 0 Å². The van der Waals surface area contributed by atoms with Crippen molar-refractivity contribution in [3.63, 3.8) is 0 Å². The molecule has 0 unspecified atom stereocenters. The molecule has 0 saturated heterocycles. The first kappa shape index (κ1) is 14.3. The Bertz CT molecular complexity index is 642. The van der Waals surface area contributed by atoms with Gasteiger partial charge in [0.1, 0.15) is 0 Å². The van der Waals surface area contributed by atoms with Crippen molar-refractivity contribution < 1.29 is 18.8 Å². The summed E-state index contributed by atoms with van der Waals surface area (Å²) in [5.41, 5.74) is 6.06. The van der Waals surface area contributed by atoms with Gasteiger partial charge in [0.25, 0.3) is 0 Å². The molecule has 20 heavy (non-hydrogen) atoms. The van der Waals surface area contributed by atoms with Crippen molar-refractivity contribution in [3.8, 4) is 22.9 Å². The molecule has 1 aromatic heterocycles. The third-order valence-electron chi connectivity index (χ3n) is 2.62. The zero-order valence-corrected chi connectivity index (χ0v) is 11.6. The molecule has 0 fully saturated rings. The highest BCUT2D eigenvalue weighted by atomic mass is 35.5. The van der Waals surface area contributed by atoms with E-state index in [0.717, 1.165) is 0 Å². The van der Waals surface area contributed by atoms with Crippen molar-refractivity contribution in [1.82, 2.24) is 10.1 Å². The first-order valence-corrected chi connectivity index (χ1v) is 5.96. The van der Waals surface area contributed by atoms with E-state index in [1.165, 1.54) is 20.3 Å². The lowest BCUT2D eigenvalue weighted by molar-refractivity contribution is 0.112. The molecule has 7 nitrogen and oxygen atoms in total. The summed E-state index contributed by atoms with van der Waals surface area (Å²) in [5.74, 6) is 0.979. The first-order chi connectivity index (χ1) is 9.65. The first-order valence-electron chi connectivity index (χ1n) is 5.58. The SMILES string of the molecule is COc1c(C=O)cc(Cl)c(-c2noc(CN)n2)c1OC. The molecule has 0 amide bonds. The summed E-state index contributed by atoms with van der Waals surface area (Å²) in [6.07, 6.45) is 0.624. The molecule has 0 radical (unpaired) electrons. The smallest absolute Gasteiger partial charge is 0.240 e. The molecule has 0 aliphatic carbocycles. The lowest BCUT2D eigenvalue weighted by atomic mass is 10.1. The predicted octanol–water partition coefficient (Wildman–Crippen LogP) is 1.68. The van der Waals surface area contributed by atoms with Crippen LogP contribution in [-0.2, 0) is 6.54 Å². The van der Waals surface area contributed by atoms with E-state index in [0.29, 0.717) is 11.8 Å². The van der Waals surface area contributed by atoms with E-state index in [-0.39, 0.29) is 40.3 Å². The maximum Gasteiger partial charge on any atom is 0.240 e. The molecule has 0 atom stereocenters. The van der Waals surface area contributed by atoms with Crippen molar-refractivity contribution in [1.29, 1.82) is 0 Å². The predicted molar refractivity (Wildman–Crippen MR) is 71.1 cm³/mol. The largest absolute Gasteiger partial charge is 0.492 e. The lowest BCUT2D eigenvalue weighted by Gasteiger charge is -2.14. The highest BCUT2D eigenvalue weighted by Crippen LogP contribution is 2.43. The van der Waals surface area contributed by atoms with E-state index >= 15 is 0 Å². The third-order valence-corrected chi connectivity index (χ3v) is 2.92. The Morgan fingerprint density at radius 2 is 2.10 bits per heavy atom. The van der Waals surface area contributed by atoms with Crippen LogP contribution >= 0.6 is 11.6 Å². The number of hydrogen-bond acceptors (Lipinski definition) is 7. The number of carbonyl (C=O) groups is 1. The van der Waals surface area contributed by atoms with Crippen LogP contribution in [0.2, 0.25) is 5.02 Å². The number of ether oxygens (including phenoxy) is 2. The molecular formula is C12H12ClN3O4. The van der Waals surface area contributed by atoms with Crippen LogP contribution in [0.25, 0.3) is 11.4 Å². The molecule has 0 aliphatic heterocycles. The minimum absolute atomic E-state index is 0.108. The number of aromatic nitrogens is 2. The summed E-state index contributed by atoms with van der Waals surface area (Å²) >= 11 is 6.16. The standard InChI is InChI=1S/C12H12ClN3O4/c1-18-10-6(5-17)3-7(13)9(11(10)19-2)12-15-8(4-14)20-16-12/h3,5H,4,14H2,1-2H3. The average Bonchev–Trinajstić information content (AvgIpc) is 2.94. The normalized spacial score (nSPS) is 10.4. The molecule has 106 valence electrons. The van der Waals surface area contributed by atoms with Crippen molar-refractivity contribution in [2.24, 2.45) is 5.73 Å². The van der Waals surface area contributed by atoms with E-state index < -0.39 is 0 Å². The summed E-state index contributed by atoms with van der Waals surface area (Å²) in [6, 6.07) is 1.45. The Morgan fingerprint density at radius 3 is 2.60 bits per heavy atom. The van der Waals surface area contributed by atoms with Gasteiger partial charge in [0, 0.05) is 0 Å². The average molecular weight is 298 g/mol. The van der Waals surface area contributed by atoms with Crippen LogP contribution in [-0.4, -0.2) is 30.6 Å². The van der Waals surface area contributed by atoms with Gasteiger partial charge in [-0.15, -0.1) is 0 Å². The fourth-order valence-electron chi connectivity index (χ4n) is 1.77. The summed E-state index contributed by atoms with van der Waals surface area (Å²) in [7, 11) is 2.85. The van der Waals surface area contributed by atoms with Crippen molar-refractivity contribution in [3.05, 3.63) is 22.5 Å². The van der Waals surface area contributed by atoms with Crippen molar-refractivity contribution >= 4 is 17.9 Å². The maximum atomic E-state index is 11.0. The van der Waals surface area contributed by atoms with Crippen LogP contribution in [0.3, 0.4) is 0 Å². The second kappa shape index (κ2) is 5.89. The summed E-state index contributed by atoms with van der Waals surface area (Å²) in [5, 5.41) is 4.03. The minimum atomic E-state index is 0.108. The van der Waals surface area contributed by atoms with Crippen LogP contribution in [0.4, 0.5) is 0 Å². The number of nitrogens with zero attached hydrogens (tertiary/aromatic N) is 2. The Labute approximate surface area is 119 Å². The Balaban J connectivity index is 2.71. The highest BCUT2D eigenvalue weighted by Gasteiger charge is 2.23. The van der Waals surface area contributed by atoms with E-state index in [1.54, 1.807) is 0 Å². The lowest BCUT2D eigenvalue weighted by Crippen LogP contribution is -2.00. The van der Waals surface area contributed by atoms with Crippen molar-refractivity contribution in [2.75, 3.05) is 14.2 Å². The topological polar surface area (TPSA) is 100 Å². The van der Waals surface area contributed by atoms with Crippen LogP contribution in [0.5, 0.6) is 11.5 Å². The number of methoxy groups -OCH3 is 2. The number of nitrogens with two attached hydrogens (primary N) is 1. The molecule has 2 N–H and O–H groups in total. The van der Waals surface area contributed by atoms with Crippen LogP contribution < -0.4 is 15.2 Å². The monoisotopic (exact) mass is 297 g/mol. The van der Waals surface area contributed by atoms with Gasteiger partial charge >= 0.3 is 0 Å². The minimum Gasteiger partial charge on any atom is -0.492 e. The van der Waals surface area contributed by atoms with E-state index in [2.05, 4.69) is 10.1 Å². The Morgan fingerprint density at radius 1 is 1.40 bits per heavy atom. The number of aldehydes is 1. The van der Waals surface area contributed by atoms with Gasteiger partial charge in [-0.25, -0.2) is 0 Å². The van der Waals surface area contributed by atoms with E-state index in [4.69, 9.17) is 31.3 Å². The fourth-order valence-corrected chi connectivity index (χ4v) is 2.06. The summed E-state index contributed by atoms with van der Waals surface area (Å²) < 4.78 is 15.4. The van der Waals surface area contributed by atoms with Crippen LogP contribution in [0.15, 0.2) is 10.6 Å². The van der Waals surface area contributed by atoms with Gasteiger partial charge in [-0.05, 0) is 6.07 Å². The number of benzene rings is 1. The number of hydrogen-bond donors (Lipinski definition) is 1. The third kappa shape index (κ3) is 2.33. The highest BCUT2D eigenvalue weighted by molar-refractivity contribution is 6.34.